The zero-order valence-electron chi connectivity index (χ0n) is 9.14. The number of aliphatic hydroxyl groups excluding tert-OH is 1. The van der Waals surface area contributed by atoms with Gasteiger partial charge in [0, 0.05) is 13.0 Å². The number of benzene rings is 1. The molecule has 1 aromatic carbocycles. The van der Waals surface area contributed by atoms with Crippen LogP contribution in [0.25, 0.3) is 0 Å². The summed E-state index contributed by atoms with van der Waals surface area (Å²) < 4.78 is 0. The van der Waals surface area contributed by atoms with E-state index >= 15 is 0 Å². The molecule has 4 nitrogen and oxygen atoms in total. The summed E-state index contributed by atoms with van der Waals surface area (Å²) in [5, 5.41) is 26.8. The van der Waals surface area contributed by atoms with Crippen molar-refractivity contribution in [3.63, 3.8) is 0 Å². The Morgan fingerprint density at radius 2 is 2.06 bits per heavy atom. The lowest BCUT2D eigenvalue weighted by Gasteiger charge is -2.32. The van der Waals surface area contributed by atoms with Gasteiger partial charge in [-0.15, -0.1) is 0 Å². The van der Waals surface area contributed by atoms with E-state index in [0.717, 1.165) is 0 Å². The number of aliphatic hydroxyl groups is 1. The van der Waals surface area contributed by atoms with Crippen LogP contribution in [0, 0.1) is 16.7 Å². The lowest BCUT2D eigenvalue weighted by molar-refractivity contribution is 0.252. The predicted molar refractivity (Wildman–Crippen MR) is 62.5 cm³/mol. The molecule has 0 aromatic heterocycles. The first-order chi connectivity index (χ1) is 8.22. The van der Waals surface area contributed by atoms with Gasteiger partial charge in [0.2, 0.25) is 0 Å². The van der Waals surface area contributed by atoms with Crippen molar-refractivity contribution in [3.05, 3.63) is 46.7 Å². The molecule has 0 aliphatic carbocycles. The second-order valence-corrected chi connectivity index (χ2v) is 4.34. The Balaban J connectivity index is 2.05. The van der Waals surface area contributed by atoms with E-state index in [9.17, 15) is 5.11 Å². The van der Waals surface area contributed by atoms with Crippen LogP contribution >= 0.6 is 0 Å². The van der Waals surface area contributed by atoms with Gasteiger partial charge < -0.3 is 10.0 Å². The molecule has 0 radical (unpaired) electrons. The second kappa shape index (κ2) is 3.36. The Bertz CT molecular complexity index is 583. The van der Waals surface area contributed by atoms with E-state index in [1.54, 1.807) is 4.90 Å². The molecule has 1 atom stereocenters. The van der Waals surface area contributed by atoms with E-state index in [2.05, 4.69) is 0 Å². The van der Waals surface area contributed by atoms with Gasteiger partial charge in [-0.25, -0.2) is 0 Å². The van der Waals surface area contributed by atoms with E-state index in [4.69, 9.17) is 10.7 Å². The second-order valence-electron chi connectivity index (χ2n) is 4.34. The minimum absolute atomic E-state index is 0.0482. The van der Waals surface area contributed by atoms with Crippen LogP contribution in [0.1, 0.15) is 11.1 Å². The van der Waals surface area contributed by atoms with Crippen molar-refractivity contribution >= 4 is 5.84 Å². The highest BCUT2D eigenvalue weighted by molar-refractivity contribution is 6.03. The van der Waals surface area contributed by atoms with Gasteiger partial charge in [-0.05, 0) is 11.1 Å². The van der Waals surface area contributed by atoms with Crippen molar-refractivity contribution in [2.45, 2.75) is 19.0 Å². The van der Waals surface area contributed by atoms with Crippen molar-refractivity contribution < 1.29 is 5.11 Å². The standard InChI is InChI=1S/C13H11N3O/c14-6-10-12(17)11-5-8-3-1-2-4-9(8)7-16(11)13(10)15/h1-4,11,15,17H,5,7H2/t11-/m1/s1. The molecule has 0 fully saturated rings. The largest absolute Gasteiger partial charge is 0.509 e. The van der Waals surface area contributed by atoms with Crippen molar-refractivity contribution in [3.8, 4) is 6.07 Å². The molecule has 0 saturated carbocycles. The molecular formula is C13H11N3O. The molecule has 2 aliphatic heterocycles. The van der Waals surface area contributed by atoms with Crippen molar-refractivity contribution in [2.75, 3.05) is 0 Å². The number of rotatable bonds is 0. The van der Waals surface area contributed by atoms with Crippen LogP contribution in [0.4, 0.5) is 0 Å². The molecular weight excluding hydrogens is 214 g/mol. The van der Waals surface area contributed by atoms with Crippen LogP contribution in [-0.2, 0) is 13.0 Å². The third-order valence-electron chi connectivity index (χ3n) is 3.46. The Morgan fingerprint density at radius 3 is 2.76 bits per heavy atom. The monoisotopic (exact) mass is 225 g/mol. The molecule has 0 amide bonds. The molecule has 0 unspecified atom stereocenters. The van der Waals surface area contributed by atoms with Crippen LogP contribution in [0.15, 0.2) is 35.6 Å². The van der Waals surface area contributed by atoms with Gasteiger partial charge in [0.25, 0.3) is 0 Å². The van der Waals surface area contributed by atoms with Gasteiger partial charge in [0.05, 0.1) is 6.04 Å². The van der Waals surface area contributed by atoms with Gasteiger partial charge in [-0.1, -0.05) is 24.3 Å². The van der Waals surface area contributed by atoms with Crippen LogP contribution in [0.5, 0.6) is 0 Å². The summed E-state index contributed by atoms with van der Waals surface area (Å²) in [4.78, 5) is 1.79. The average molecular weight is 225 g/mol. The minimum Gasteiger partial charge on any atom is -0.509 e. The molecule has 2 heterocycles. The average Bonchev–Trinajstić information content (AvgIpc) is 2.59. The minimum atomic E-state index is -0.230. The summed E-state index contributed by atoms with van der Waals surface area (Å²) >= 11 is 0. The van der Waals surface area contributed by atoms with Crippen LogP contribution < -0.4 is 0 Å². The number of fused-ring (bicyclic) bond motifs is 2. The summed E-state index contributed by atoms with van der Waals surface area (Å²) in [6, 6.07) is 9.69. The summed E-state index contributed by atoms with van der Waals surface area (Å²) in [5.74, 6) is 0.191. The third kappa shape index (κ3) is 1.26. The molecule has 1 aromatic rings. The molecule has 0 spiro atoms. The number of nitrogens with zero attached hydrogens (tertiary/aromatic N) is 2. The van der Waals surface area contributed by atoms with Crippen LogP contribution in [-0.4, -0.2) is 21.9 Å². The van der Waals surface area contributed by atoms with Crippen LogP contribution in [0.2, 0.25) is 0 Å². The smallest absolute Gasteiger partial charge is 0.143 e. The van der Waals surface area contributed by atoms with Crippen molar-refractivity contribution in [2.24, 2.45) is 0 Å². The highest BCUT2D eigenvalue weighted by atomic mass is 16.3. The number of nitrogens with one attached hydrogen (secondary N) is 1. The molecule has 3 rings (SSSR count). The van der Waals surface area contributed by atoms with E-state index in [0.29, 0.717) is 13.0 Å². The quantitative estimate of drug-likeness (QED) is 0.706. The van der Waals surface area contributed by atoms with Gasteiger partial charge in [-0.2, -0.15) is 5.26 Å². The van der Waals surface area contributed by atoms with E-state index < -0.39 is 0 Å². The maximum absolute atomic E-state index is 9.95. The van der Waals surface area contributed by atoms with Crippen LogP contribution in [0.3, 0.4) is 0 Å². The first-order valence-corrected chi connectivity index (χ1v) is 5.48. The van der Waals surface area contributed by atoms with Gasteiger partial charge in [0.15, 0.2) is 0 Å². The SMILES string of the molecule is N#CC1=C(O)[C@H]2Cc3ccccc3CN2C1=N. The van der Waals surface area contributed by atoms with Gasteiger partial charge in [0.1, 0.15) is 23.2 Å². The molecule has 0 saturated heterocycles. The zero-order chi connectivity index (χ0) is 12.0. The fraction of sp³-hybridized carbons (Fsp3) is 0.231. The Labute approximate surface area is 98.9 Å². The number of hydrogen-bond donors (Lipinski definition) is 2. The topological polar surface area (TPSA) is 71.1 Å². The molecule has 0 bridgehead atoms. The number of nitriles is 1. The highest BCUT2D eigenvalue weighted by Crippen LogP contribution is 2.33. The summed E-state index contributed by atoms with van der Waals surface area (Å²) in [5.41, 5.74) is 2.47. The molecule has 2 N–H and O–H groups in total. The van der Waals surface area contributed by atoms with E-state index in [1.807, 2.05) is 30.3 Å². The van der Waals surface area contributed by atoms with Crippen molar-refractivity contribution in [1.29, 1.82) is 10.7 Å². The fourth-order valence-electron chi connectivity index (χ4n) is 2.54. The zero-order valence-corrected chi connectivity index (χ0v) is 9.14. The Kier molecular flexibility index (Phi) is 1.96. The predicted octanol–water partition coefficient (Wildman–Crippen LogP) is 1.74. The third-order valence-corrected chi connectivity index (χ3v) is 3.46. The first kappa shape index (κ1) is 9.91. The number of amidine groups is 1. The van der Waals surface area contributed by atoms with Gasteiger partial charge >= 0.3 is 0 Å². The summed E-state index contributed by atoms with van der Waals surface area (Å²) in [7, 11) is 0. The van der Waals surface area contributed by atoms with Crippen molar-refractivity contribution in [1.82, 2.24) is 4.90 Å². The van der Waals surface area contributed by atoms with E-state index in [1.165, 1.54) is 11.1 Å². The first-order valence-electron chi connectivity index (χ1n) is 5.48. The maximum atomic E-state index is 9.95. The lowest BCUT2D eigenvalue weighted by atomic mass is 9.94. The highest BCUT2D eigenvalue weighted by Gasteiger charge is 2.39. The normalized spacial score (nSPS) is 22.2. The Hall–Kier alpha value is -2.28. The van der Waals surface area contributed by atoms with Gasteiger partial charge in [-0.3, -0.25) is 5.41 Å². The molecule has 2 aliphatic rings. The molecule has 84 valence electrons. The maximum Gasteiger partial charge on any atom is 0.143 e. The fourth-order valence-corrected chi connectivity index (χ4v) is 2.54. The Morgan fingerprint density at radius 1 is 1.35 bits per heavy atom. The van der Waals surface area contributed by atoms with E-state index in [-0.39, 0.29) is 23.2 Å². The molecule has 17 heavy (non-hydrogen) atoms. The molecule has 4 heteroatoms. The number of hydrogen-bond acceptors (Lipinski definition) is 3. The summed E-state index contributed by atoms with van der Waals surface area (Å²) in [6.07, 6.45) is 0.662. The summed E-state index contributed by atoms with van der Waals surface area (Å²) in [6.45, 7) is 0.592. The lowest BCUT2D eigenvalue weighted by Crippen LogP contribution is -2.40.